The highest BCUT2D eigenvalue weighted by atomic mass is 79.9. The molecule has 0 amide bonds. The Balaban J connectivity index is 2.24. The van der Waals surface area contributed by atoms with Crippen LogP contribution in [0.4, 0.5) is 0 Å². The van der Waals surface area contributed by atoms with Gasteiger partial charge in [-0.25, -0.2) is 0 Å². The van der Waals surface area contributed by atoms with E-state index in [9.17, 15) is 0 Å². The van der Waals surface area contributed by atoms with Crippen LogP contribution in [0.5, 0.6) is 5.88 Å². The number of methoxy groups -OCH3 is 2. The number of halogens is 1. The van der Waals surface area contributed by atoms with Gasteiger partial charge in [-0.1, -0.05) is 28.1 Å². The fraction of sp³-hybridized carbons (Fsp3) is 0.308. The van der Waals surface area contributed by atoms with Gasteiger partial charge in [0.05, 0.1) is 26.0 Å². The van der Waals surface area contributed by atoms with Crippen LogP contribution in [0.2, 0.25) is 0 Å². The van der Waals surface area contributed by atoms with E-state index in [0.717, 1.165) is 10.2 Å². The van der Waals surface area contributed by atoms with Crippen molar-refractivity contribution in [3.05, 3.63) is 46.1 Å². The third kappa shape index (κ3) is 3.11. The second kappa shape index (κ2) is 6.02. The number of nitrogens with zero attached hydrogens (tertiary/aromatic N) is 2. The molecule has 0 atom stereocenters. The Morgan fingerprint density at radius 3 is 2.78 bits per heavy atom. The van der Waals surface area contributed by atoms with Crippen molar-refractivity contribution in [1.82, 2.24) is 9.78 Å². The molecular formula is C13H15BrN2O2. The number of aromatic nitrogens is 2. The lowest BCUT2D eigenvalue weighted by Crippen LogP contribution is -2.07. The van der Waals surface area contributed by atoms with Gasteiger partial charge in [-0.2, -0.15) is 0 Å². The summed E-state index contributed by atoms with van der Waals surface area (Å²) >= 11 is 3.46. The molecule has 96 valence electrons. The fourth-order valence-corrected chi connectivity index (χ4v) is 2.18. The molecule has 0 saturated carbocycles. The van der Waals surface area contributed by atoms with Gasteiger partial charge in [-0.15, -0.1) is 5.10 Å². The van der Waals surface area contributed by atoms with E-state index in [4.69, 9.17) is 9.47 Å². The summed E-state index contributed by atoms with van der Waals surface area (Å²) in [5.41, 5.74) is 2.17. The first kappa shape index (κ1) is 13.1. The van der Waals surface area contributed by atoms with Gasteiger partial charge in [-0.3, -0.25) is 4.68 Å². The maximum absolute atomic E-state index is 5.16. The van der Waals surface area contributed by atoms with Crippen LogP contribution in [0.1, 0.15) is 11.3 Å². The predicted octanol–water partition coefficient (Wildman–Crippen LogP) is 2.85. The average Bonchev–Trinajstić information content (AvgIpc) is 2.72. The molecule has 0 radical (unpaired) electrons. The van der Waals surface area contributed by atoms with Crippen molar-refractivity contribution in [2.75, 3.05) is 14.2 Å². The van der Waals surface area contributed by atoms with Gasteiger partial charge in [0.2, 0.25) is 5.88 Å². The van der Waals surface area contributed by atoms with E-state index < -0.39 is 0 Å². The second-order valence-corrected chi connectivity index (χ2v) is 4.81. The lowest BCUT2D eigenvalue weighted by atomic mass is 10.2. The molecule has 0 spiro atoms. The molecular weight excluding hydrogens is 296 g/mol. The van der Waals surface area contributed by atoms with Crippen molar-refractivity contribution in [3.63, 3.8) is 0 Å². The van der Waals surface area contributed by atoms with Crippen molar-refractivity contribution in [2.24, 2.45) is 0 Å². The fourth-order valence-electron chi connectivity index (χ4n) is 1.74. The Hall–Kier alpha value is -1.33. The van der Waals surface area contributed by atoms with E-state index in [-0.39, 0.29) is 0 Å². The highest BCUT2D eigenvalue weighted by Gasteiger charge is 2.08. The zero-order chi connectivity index (χ0) is 13.0. The maximum Gasteiger partial charge on any atom is 0.232 e. The normalized spacial score (nSPS) is 10.6. The van der Waals surface area contributed by atoms with Crippen LogP contribution in [0.15, 0.2) is 34.8 Å². The van der Waals surface area contributed by atoms with Gasteiger partial charge in [0.25, 0.3) is 0 Å². The molecule has 0 aliphatic rings. The van der Waals surface area contributed by atoms with Crippen molar-refractivity contribution >= 4 is 15.9 Å². The summed E-state index contributed by atoms with van der Waals surface area (Å²) in [5.74, 6) is 0.608. The van der Waals surface area contributed by atoms with E-state index in [1.54, 1.807) is 14.2 Å². The molecule has 0 aliphatic heterocycles. The standard InChI is InChI=1S/C13H15BrN2O2/c1-17-9-12-7-13(18-2)15-16(12)8-10-4-3-5-11(14)6-10/h3-7H,8-9H2,1-2H3. The number of benzene rings is 1. The van der Waals surface area contributed by atoms with Crippen molar-refractivity contribution in [2.45, 2.75) is 13.2 Å². The summed E-state index contributed by atoms with van der Waals surface area (Å²) < 4.78 is 13.3. The molecule has 18 heavy (non-hydrogen) atoms. The van der Waals surface area contributed by atoms with Crippen LogP contribution in [0.25, 0.3) is 0 Å². The SMILES string of the molecule is COCc1cc(OC)nn1Cc1cccc(Br)c1. The van der Waals surface area contributed by atoms with Crippen LogP contribution >= 0.6 is 15.9 Å². The Labute approximate surface area is 115 Å². The zero-order valence-corrected chi connectivity index (χ0v) is 12.0. The van der Waals surface area contributed by atoms with E-state index in [1.165, 1.54) is 5.56 Å². The van der Waals surface area contributed by atoms with Crippen LogP contribution in [-0.2, 0) is 17.9 Å². The minimum atomic E-state index is 0.518. The minimum absolute atomic E-state index is 0.518. The van der Waals surface area contributed by atoms with Gasteiger partial charge >= 0.3 is 0 Å². The molecule has 0 unspecified atom stereocenters. The van der Waals surface area contributed by atoms with Gasteiger partial charge in [0, 0.05) is 17.6 Å². The monoisotopic (exact) mass is 310 g/mol. The molecule has 2 aromatic rings. The molecule has 0 saturated heterocycles. The quantitative estimate of drug-likeness (QED) is 0.852. The highest BCUT2D eigenvalue weighted by molar-refractivity contribution is 9.10. The van der Waals surface area contributed by atoms with E-state index >= 15 is 0 Å². The number of rotatable bonds is 5. The van der Waals surface area contributed by atoms with Crippen molar-refractivity contribution in [1.29, 1.82) is 0 Å². The van der Waals surface area contributed by atoms with Crippen molar-refractivity contribution < 1.29 is 9.47 Å². The van der Waals surface area contributed by atoms with Crippen LogP contribution in [0, 0.1) is 0 Å². The lowest BCUT2D eigenvalue weighted by molar-refractivity contribution is 0.177. The minimum Gasteiger partial charge on any atom is -0.480 e. The largest absolute Gasteiger partial charge is 0.480 e. The van der Waals surface area contributed by atoms with Crippen LogP contribution < -0.4 is 4.74 Å². The molecule has 0 fully saturated rings. The maximum atomic E-state index is 5.16. The Kier molecular flexibility index (Phi) is 4.38. The number of ether oxygens (including phenoxy) is 2. The number of hydrogen-bond donors (Lipinski definition) is 0. The average molecular weight is 311 g/mol. The van der Waals surface area contributed by atoms with Crippen LogP contribution in [0.3, 0.4) is 0 Å². The summed E-state index contributed by atoms with van der Waals surface area (Å²) in [6, 6.07) is 10.0. The van der Waals surface area contributed by atoms with Crippen LogP contribution in [-0.4, -0.2) is 24.0 Å². The molecule has 0 N–H and O–H groups in total. The molecule has 5 heteroatoms. The molecule has 0 bridgehead atoms. The third-order valence-electron chi connectivity index (χ3n) is 2.56. The first-order chi connectivity index (χ1) is 8.72. The highest BCUT2D eigenvalue weighted by Crippen LogP contribution is 2.16. The first-order valence-corrected chi connectivity index (χ1v) is 6.36. The third-order valence-corrected chi connectivity index (χ3v) is 3.06. The zero-order valence-electron chi connectivity index (χ0n) is 10.4. The van der Waals surface area contributed by atoms with E-state index in [0.29, 0.717) is 19.0 Å². The number of hydrogen-bond acceptors (Lipinski definition) is 3. The van der Waals surface area contributed by atoms with Gasteiger partial charge in [0.1, 0.15) is 0 Å². The Morgan fingerprint density at radius 2 is 2.11 bits per heavy atom. The molecule has 2 rings (SSSR count). The summed E-state index contributed by atoms with van der Waals surface area (Å²) in [6.07, 6.45) is 0. The first-order valence-electron chi connectivity index (χ1n) is 5.57. The van der Waals surface area contributed by atoms with Gasteiger partial charge in [0.15, 0.2) is 0 Å². The summed E-state index contributed by atoms with van der Waals surface area (Å²) in [6.45, 7) is 1.21. The summed E-state index contributed by atoms with van der Waals surface area (Å²) in [7, 11) is 3.28. The molecule has 1 aromatic heterocycles. The molecule has 0 aliphatic carbocycles. The molecule has 1 heterocycles. The topological polar surface area (TPSA) is 36.3 Å². The van der Waals surface area contributed by atoms with Crippen molar-refractivity contribution in [3.8, 4) is 5.88 Å². The van der Waals surface area contributed by atoms with E-state index in [1.807, 2.05) is 22.9 Å². The molecule has 1 aromatic carbocycles. The molecule has 4 nitrogen and oxygen atoms in total. The van der Waals surface area contributed by atoms with E-state index in [2.05, 4.69) is 33.2 Å². The Bertz CT molecular complexity index is 525. The second-order valence-electron chi connectivity index (χ2n) is 3.90. The van der Waals surface area contributed by atoms with Gasteiger partial charge < -0.3 is 9.47 Å². The lowest BCUT2D eigenvalue weighted by Gasteiger charge is -2.06. The summed E-state index contributed by atoms with van der Waals surface area (Å²) in [4.78, 5) is 0. The van der Waals surface area contributed by atoms with Gasteiger partial charge in [-0.05, 0) is 17.7 Å². The summed E-state index contributed by atoms with van der Waals surface area (Å²) in [5, 5.41) is 4.37. The predicted molar refractivity (Wildman–Crippen MR) is 72.7 cm³/mol. The smallest absolute Gasteiger partial charge is 0.232 e. The Morgan fingerprint density at radius 1 is 1.28 bits per heavy atom.